The van der Waals surface area contributed by atoms with Crippen molar-refractivity contribution in [3.63, 3.8) is 0 Å². The molecule has 6 fully saturated rings. The van der Waals surface area contributed by atoms with E-state index in [0.29, 0.717) is 92.6 Å². The lowest BCUT2D eigenvalue weighted by Crippen LogP contribution is -2.75. The van der Waals surface area contributed by atoms with Gasteiger partial charge in [-0.2, -0.15) is 0 Å². The summed E-state index contributed by atoms with van der Waals surface area (Å²) in [7, 11) is 0. The molecule has 18 nitrogen and oxygen atoms in total. The smallest absolute Gasteiger partial charge is 0.343 e. The number of benzene rings is 4. The Morgan fingerprint density at radius 2 is 0.733 bits per heavy atom. The van der Waals surface area contributed by atoms with E-state index in [2.05, 4.69) is 14.7 Å². The molecule has 6 heterocycles. The molecule has 3 saturated carbocycles. The van der Waals surface area contributed by atoms with Crippen LogP contribution in [0.1, 0.15) is 142 Å². The number of nitrogens with zero attached hydrogens (tertiary/aromatic N) is 3. The number of aliphatic hydroxyl groups excluding tert-OH is 3. The van der Waals surface area contributed by atoms with Crippen molar-refractivity contribution in [3.05, 3.63) is 141 Å². The van der Waals surface area contributed by atoms with Gasteiger partial charge in [0.2, 0.25) is 0 Å². The molecule has 3 spiro atoms. The first-order valence-electron chi connectivity index (χ1n) is 33.4. The van der Waals surface area contributed by atoms with Crippen molar-refractivity contribution in [1.29, 1.82) is 0 Å². The number of ether oxygens (including phenoxy) is 6. The summed E-state index contributed by atoms with van der Waals surface area (Å²) in [5.74, 6) is -0.312. The van der Waals surface area contributed by atoms with E-state index in [0.717, 1.165) is 74.8 Å². The predicted octanol–water partition coefficient (Wildman–Crippen LogP) is 5.62. The minimum atomic E-state index is -1.38. The second kappa shape index (κ2) is 18.9. The molecule has 0 radical (unpaired) electrons. The van der Waals surface area contributed by atoms with Crippen LogP contribution in [-0.2, 0) is 35.5 Å². The van der Waals surface area contributed by atoms with Gasteiger partial charge in [-0.15, -0.1) is 0 Å². The number of rotatable bonds is 12. The molecule has 0 amide bonds. The average Bonchev–Trinajstić information content (AvgIpc) is 1.34. The largest absolute Gasteiger partial charge is 0.482 e. The van der Waals surface area contributed by atoms with E-state index in [-0.39, 0.29) is 69.3 Å². The van der Waals surface area contributed by atoms with E-state index in [1.807, 2.05) is 18.2 Å². The maximum Gasteiger partial charge on any atom is 0.343 e. The van der Waals surface area contributed by atoms with Crippen molar-refractivity contribution in [3.8, 4) is 34.5 Å². The predicted molar refractivity (Wildman–Crippen MR) is 322 cm³/mol. The molecule has 4 aromatic rings. The van der Waals surface area contributed by atoms with Crippen LogP contribution in [0.5, 0.6) is 34.5 Å². The fourth-order valence-electron chi connectivity index (χ4n) is 20.8. The van der Waals surface area contributed by atoms with Crippen molar-refractivity contribution >= 4 is 17.9 Å². The zero-order valence-electron chi connectivity index (χ0n) is 50.1. The van der Waals surface area contributed by atoms with Gasteiger partial charge in [0, 0.05) is 54.5 Å². The molecule has 4 aromatic carbocycles. The number of aliphatic hydroxyl groups is 6. The summed E-state index contributed by atoms with van der Waals surface area (Å²) in [5, 5.41) is 74.1. The lowest BCUT2D eigenvalue weighted by molar-refractivity contribution is -0.159. The maximum atomic E-state index is 15.1. The van der Waals surface area contributed by atoms with E-state index in [1.54, 1.807) is 54.7 Å². The lowest BCUT2D eigenvalue weighted by atomic mass is 9.50. The second-order valence-corrected chi connectivity index (χ2v) is 29.6. The van der Waals surface area contributed by atoms with Gasteiger partial charge in [-0.25, -0.2) is 14.4 Å². The summed E-state index contributed by atoms with van der Waals surface area (Å²) in [6.45, 7) is 4.73. The number of esters is 3. The molecule has 3 saturated heterocycles. The third-order valence-electron chi connectivity index (χ3n) is 25.7. The van der Waals surface area contributed by atoms with Crippen molar-refractivity contribution in [2.45, 2.75) is 184 Å². The SMILES string of the molecule is O=C(Oc1ccc2c3c1OC1C(O)C=CC4(O)C(C2)N(CC2CCC2)CCC314)c1cc(C(=O)Oc2ccc3c4c2OC2C(O)C=CC5(O)C(C3)N(CC3CCC3)CCC425)cc(C(=O)Oc2ccc3c4c2OC2C(O)C=CC5(O)C(C3)N(CC3CCC3)CCC425)c1. The van der Waals surface area contributed by atoms with Gasteiger partial charge in [0.05, 0.1) is 32.9 Å². The summed E-state index contributed by atoms with van der Waals surface area (Å²) in [4.78, 5) is 52.5. The van der Waals surface area contributed by atoms with Gasteiger partial charge in [0.1, 0.15) is 53.4 Å². The summed E-state index contributed by atoms with van der Waals surface area (Å²) in [5.41, 5.74) is -2.98. The van der Waals surface area contributed by atoms with E-state index >= 15 is 14.4 Å². The number of carbonyl (C=O) groups is 3. The van der Waals surface area contributed by atoms with Crippen LogP contribution in [0.3, 0.4) is 0 Å². The Morgan fingerprint density at radius 1 is 0.444 bits per heavy atom. The van der Waals surface area contributed by atoms with Gasteiger partial charge in [0.25, 0.3) is 0 Å². The van der Waals surface area contributed by atoms with Gasteiger partial charge < -0.3 is 59.1 Å². The van der Waals surface area contributed by atoms with Gasteiger partial charge >= 0.3 is 17.9 Å². The van der Waals surface area contributed by atoms with Crippen LogP contribution >= 0.6 is 0 Å². The Hall–Kier alpha value is -6.45. The first-order chi connectivity index (χ1) is 43.5. The molecule has 90 heavy (non-hydrogen) atoms. The standard InChI is InChI=1S/C72H75N3O15/c76-46-16-19-70(82)52-31-40-10-13-49(58-55(40)67(70,61(46)88-58)22-25-73(52)34-37-4-1-5-37)85-64(79)43-28-44(65(80)86-50-14-11-41-32-53-71(83)20-17-47(77)62-68(71,56(41)59(50)89-62)23-26-74(53)35-38-6-2-7-38)30-45(29-43)66(81)87-51-15-12-42-33-54-72(84)21-18-48(78)63-69(72,57(42)60(51)90-63)24-27-75(54)36-39-8-3-9-39/h10-21,28-30,37-39,46-48,52-54,61-63,76-78,82-84H,1-9,22-27,31-36H2. The van der Waals surface area contributed by atoms with Crippen molar-refractivity contribution < 1.29 is 73.4 Å². The fourth-order valence-corrected chi connectivity index (χ4v) is 20.8. The highest BCUT2D eigenvalue weighted by molar-refractivity contribution is 6.02. The summed E-state index contributed by atoms with van der Waals surface area (Å²) < 4.78 is 39.2. The number of likely N-dealkylation sites (tertiary alicyclic amines) is 3. The average molecular weight is 1220 g/mol. The molecule has 6 N–H and O–H groups in total. The molecule has 0 aromatic heterocycles. The second-order valence-electron chi connectivity index (χ2n) is 29.6. The Morgan fingerprint density at radius 3 is 1.00 bits per heavy atom. The Labute approximate surface area is 520 Å². The first kappa shape index (κ1) is 55.2. The van der Waals surface area contributed by atoms with Gasteiger partial charge in [-0.05, 0) is 168 Å². The van der Waals surface area contributed by atoms with Crippen LogP contribution in [0, 0.1) is 17.8 Å². The third-order valence-corrected chi connectivity index (χ3v) is 25.7. The highest BCUT2D eigenvalue weighted by atomic mass is 16.6. The molecule has 15 unspecified atom stereocenters. The first-order valence-corrected chi connectivity index (χ1v) is 33.4. The molecule has 468 valence electrons. The highest BCUT2D eigenvalue weighted by Crippen LogP contribution is 2.68. The van der Waals surface area contributed by atoms with E-state index in [9.17, 15) is 30.6 Å². The summed E-state index contributed by atoms with van der Waals surface area (Å²) in [6.07, 6.45) is 18.0. The lowest BCUT2D eigenvalue weighted by Gasteiger charge is -2.62. The van der Waals surface area contributed by atoms with Crippen molar-refractivity contribution in [1.82, 2.24) is 14.7 Å². The summed E-state index contributed by atoms with van der Waals surface area (Å²) in [6, 6.07) is 13.8. The fraction of sp³-hybridized carbons (Fsp3) is 0.542. The van der Waals surface area contributed by atoms with Crippen LogP contribution < -0.4 is 28.4 Å². The van der Waals surface area contributed by atoms with Crippen LogP contribution in [0.4, 0.5) is 0 Å². The minimum absolute atomic E-state index is 0.0372. The molecular weight excluding hydrogens is 1150 g/mol. The quantitative estimate of drug-likeness (QED) is 0.0574. The molecule has 18 heteroatoms. The van der Waals surface area contributed by atoms with Crippen LogP contribution in [0.2, 0.25) is 0 Å². The van der Waals surface area contributed by atoms with Gasteiger partial charge in [-0.3, -0.25) is 14.7 Å². The van der Waals surface area contributed by atoms with E-state index in [4.69, 9.17) is 28.4 Å². The topological polar surface area (TPSA) is 238 Å². The molecule has 19 rings (SSSR count). The molecule has 15 aliphatic rings. The molecular formula is C72H75N3O15. The maximum absolute atomic E-state index is 15.1. The number of hydrogen-bond donors (Lipinski definition) is 6. The Balaban J connectivity index is 0.678. The van der Waals surface area contributed by atoms with Gasteiger partial charge in [-0.1, -0.05) is 73.9 Å². The third kappa shape index (κ3) is 6.97. The zero-order valence-corrected chi connectivity index (χ0v) is 50.1. The molecule has 6 aliphatic heterocycles. The van der Waals surface area contributed by atoms with E-state index in [1.165, 1.54) is 37.5 Å². The Kier molecular flexibility index (Phi) is 11.6. The number of hydrogen-bond acceptors (Lipinski definition) is 18. The minimum Gasteiger partial charge on any atom is -0.482 e. The van der Waals surface area contributed by atoms with Crippen molar-refractivity contribution in [2.24, 2.45) is 17.8 Å². The van der Waals surface area contributed by atoms with E-state index < -0.39 is 87.6 Å². The molecule has 9 aliphatic carbocycles. The molecule has 15 atom stereocenters. The monoisotopic (exact) mass is 1220 g/mol. The zero-order chi connectivity index (χ0) is 60.8. The Bertz CT molecular complexity index is 3520. The summed E-state index contributed by atoms with van der Waals surface area (Å²) >= 11 is 0. The number of piperidine rings is 3. The van der Waals surface area contributed by atoms with Crippen LogP contribution in [0.15, 0.2) is 91.1 Å². The normalized spacial score (nSPS) is 38.9. The number of carbonyl (C=O) groups excluding carboxylic acids is 3. The highest BCUT2D eigenvalue weighted by Gasteiger charge is 2.75. The van der Waals surface area contributed by atoms with Crippen LogP contribution in [-0.4, -0.2) is 174 Å². The van der Waals surface area contributed by atoms with Crippen LogP contribution in [0.25, 0.3) is 0 Å². The molecule has 6 bridgehead atoms. The van der Waals surface area contributed by atoms with Gasteiger partial charge in [0.15, 0.2) is 34.5 Å². The van der Waals surface area contributed by atoms with Crippen molar-refractivity contribution in [2.75, 3.05) is 39.3 Å².